The first-order valence-electron chi connectivity index (χ1n) is 4.77. The van der Waals surface area contributed by atoms with Crippen molar-refractivity contribution in [3.63, 3.8) is 0 Å². The van der Waals surface area contributed by atoms with Gasteiger partial charge in [-0.05, 0) is 25.2 Å². The van der Waals surface area contributed by atoms with Crippen molar-refractivity contribution in [3.8, 4) is 0 Å². The van der Waals surface area contributed by atoms with E-state index in [-0.39, 0.29) is 0 Å². The number of rotatable bonds is 4. The van der Waals surface area contributed by atoms with Crippen LogP contribution in [0.1, 0.15) is 39.0 Å². The van der Waals surface area contributed by atoms with Crippen LogP contribution in [0.5, 0.6) is 0 Å². The van der Waals surface area contributed by atoms with E-state index >= 15 is 0 Å². The standard InChI is InChI=1S/C11H18/c1-2-3-4-5-8-11-9-6-7-10-11/h5-6,8-9,11H,2-4,7,10H2,1H3/b8-5+. The van der Waals surface area contributed by atoms with E-state index in [0.29, 0.717) is 0 Å². The molecular formula is C11H18. The van der Waals surface area contributed by atoms with Crippen LogP contribution in [0.3, 0.4) is 0 Å². The van der Waals surface area contributed by atoms with Gasteiger partial charge in [0.1, 0.15) is 0 Å². The van der Waals surface area contributed by atoms with Crippen LogP contribution >= 0.6 is 0 Å². The lowest BCUT2D eigenvalue weighted by Gasteiger charge is -1.97. The second-order valence-corrected chi connectivity index (χ2v) is 3.24. The molecule has 0 nitrogen and oxygen atoms in total. The minimum absolute atomic E-state index is 0.756. The van der Waals surface area contributed by atoms with Crippen molar-refractivity contribution in [3.05, 3.63) is 24.3 Å². The minimum atomic E-state index is 0.756. The number of allylic oxidation sites excluding steroid dienone is 4. The molecule has 1 rings (SSSR count). The zero-order valence-electron chi connectivity index (χ0n) is 7.42. The van der Waals surface area contributed by atoms with E-state index in [9.17, 15) is 0 Å². The first kappa shape index (κ1) is 8.58. The summed E-state index contributed by atoms with van der Waals surface area (Å²) in [7, 11) is 0. The van der Waals surface area contributed by atoms with Crippen LogP contribution in [-0.2, 0) is 0 Å². The molecule has 0 N–H and O–H groups in total. The Labute approximate surface area is 70.0 Å². The summed E-state index contributed by atoms with van der Waals surface area (Å²) < 4.78 is 0. The van der Waals surface area contributed by atoms with Crippen molar-refractivity contribution >= 4 is 0 Å². The molecule has 0 heterocycles. The smallest absolute Gasteiger partial charge is 0.00506 e. The highest BCUT2D eigenvalue weighted by atomic mass is 14.1. The van der Waals surface area contributed by atoms with Crippen molar-refractivity contribution in [1.82, 2.24) is 0 Å². The summed E-state index contributed by atoms with van der Waals surface area (Å²) in [5, 5.41) is 0. The fraction of sp³-hybridized carbons (Fsp3) is 0.636. The molecule has 0 radical (unpaired) electrons. The molecule has 62 valence electrons. The zero-order valence-corrected chi connectivity index (χ0v) is 7.42. The average Bonchev–Trinajstić information content (AvgIpc) is 2.50. The molecule has 0 aromatic rings. The third-order valence-corrected chi connectivity index (χ3v) is 2.16. The Morgan fingerprint density at radius 3 is 3.09 bits per heavy atom. The molecule has 0 aliphatic heterocycles. The normalized spacial score (nSPS) is 23.5. The molecule has 0 aromatic carbocycles. The molecule has 0 amide bonds. The lowest BCUT2D eigenvalue weighted by molar-refractivity contribution is 0.758. The molecule has 11 heavy (non-hydrogen) atoms. The van der Waals surface area contributed by atoms with Crippen LogP contribution < -0.4 is 0 Å². The first-order chi connectivity index (χ1) is 5.43. The van der Waals surface area contributed by atoms with Crippen LogP contribution in [0.2, 0.25) is 0 Å². The predicted molar refractivity (Wildman–Crippen MR) is 50.5 cm³/mol. The molecular weight excluding hydrogens is 132 g/mol. The van der Waals surface area contributed by atoms with Crippen molar-refractivity contribution in [2.75, 3.05) is 0 Å². The maximum atomic E-state index is 2.36. The van der Waals surface area contributed by atoms with E-state index in [0.717, 1.165) is 5.92 Å². The summed E-state index contributed by atoms with van der Waals surface area (Å²) >= 11 is 0. The summed E-state index contributed by atoms with van der Waals surface area (Å²) in [6.07, 6.45) is 15.8. The van der Waals surface area contributed by atoms with Crippen LogP contribution in [-0.4, -0.2) is 0 Å². The van der Waals surface area contributed by atoms with E-state index in [1.165, 1.54) is 32.1 Å². The van der Waals surface area contributed by atoms with E-state index in [2.05, 4.69) is 31.2 Å². The van der Waals surface area contributed by atoms with Gasteiger partial charge >= 0.3 is 0 Å². The fourth-order valence-electron chi connectivity index (χ4n) is 1.41. The highest BCUT2D eigenvalue weighted by molar-refractivity contribution is 5.05. The maximum Gasteiger partial charge on any atom is -0.00506 e. The summed E-state index contributed by atoms with van der Waals surface area (Å²) in [5.74, 6) is 0.756. The monoisotopic (exact) mass is 150 g/mol. The third-order valence-electron chi connectivity index (χ3n) is 2.16. The van der Waals surface area contributed by atoms with Gasteiger partial charge in [-0.15, -0.1) is 0 Å². The van der Waals surface area contributed by atoms with Gasteiger partial charge in [0.05, 0.1) is 0 Å². The van der Waals surface area contributed by atoms with Gasteiger partial charge < -0.3 is 0 Å². The van der Waals surface area contributed by atoms with Crippen molar-refractivity contribution in [2.24, 2.45) is 5.92 Å². The first-order valence-corrected chi connectivity index (χ1v) is 4.77. The molecule has 0 fully saturated rings. The molecule has 0 saturated heterocycles. The zero-order chi connectivity index (χ0) is 7.94. The molecule has 0 bridgehead atoms. The van der Waals surface area contributed by atoms with Gasteiger partial charge in [0.2, 0.25) is 0 Å². The van der Waals surface area contributed by atoms with Gasteiger partial charge in [-0.3, -0.25) is 0 Å². The molecule has 1 unspecified atom stereocenters. The minimum Gasteiger partial charge on any atom is -0.0879 e. The Balaban J connectivity index is 2.08. The topological polar surface area (TPSA) is 0 Å². The molecule has 1 aliphatic carbocycles. The van der Waals surface area contributed by atoms with Gasteiger partial charge in [-0.25, -0.2) is 0 Å². The van der Waals surface area contributed by atoms with E-state index in [1.54, 1.807) is 0 Å². The largest absolute Gasteiger partial charge is 0.0879 e. The Bertz CT molecular complexity index is 142. The second-order valence-electron chi connectivity index (χ2n) is 3.24. The summed E-state index contributed by atoms with van der Waals surface area (Å²) in [6, 6.07) is 0. The second kappa shape index (κ2) is 5.17. The highest BCUT2D eigenvalue weighted by Gasteiger charge is 2.02. The molecule has 0 saturated carbocycles. The molecule has 0 spiro atoms. The lowest BCUT2D eigenvalue weighted by Crippen LogP contribution is -1.83. The van der Waals surface area contributed by atoms with Crippen molar-refractivity contribution < 1.29 is 0 Å². The third kappa shape index (κ3) is 3.41. The highest BCUT2D eigenvalue weighted by Crippen LogP contribution is 2.18. The van der Waals surface area contributed by atoms with E-state index < -0.39 is 0 Å². The number of hydrogen-bond acceptors (Lipinski definition) is 0. The summed E-state index contributed by atoms with van der Waals surface area (Å²) in [4.78, 5) is 0. The van der Waals surface area contributed by atoms with Crippen molar-refractivity contribution in [1.29, 1.82) is 0 Å². The summed E-state index contributed by atoms with van der Waals surface area (Å²) in [5.41, 5.74) is 0. The molecule has 1 aliphatic rings. The fourth-order valence-corrected chi connectivity index (χ4v) is 1.41. The quantitative estimate of drug-likeness (QED) is 0.423. The molecule has 0 heteroatoms. The van der Waals surface area contributed by atoms with Gasteiger partial charge in [0.25, 0.3) is 0 Å². The van der Waals surface area contributed by atoms with E-state index in [1.807, 2.05) is 0 Å². The van der Waals surface area contributed by atoms with Gasteiger partial charge in [-0.1, -0.05) is 44.1 Å². The number of hydrogen-bond donors (Lipinski definition) is 0. The molecule has 0 aromatic heterocycles. The van der Waals surface area contributed by atoms with Crippen LogP contribution in [0, 0.1) is 5.92 Å². The van der Waals surface area contributed by atoms with Gasteiger partial charge in [-0.2, -0.15) is 0 Å². The average molecular weight is 150 g/mol. The Hall–Kier alpha value is -0.520. The van der Waals surface area contributed by atoms with Crippen LogP contribution in [0.15, 0.2) is 24.3 Å². The van der Waals surface area contributed by atoms with E-state index in [4.69, 9.17) is 0 Å². The Morgan fingerprint density at radius 1 is 1.55 bits per heavy atom. The lowest BCUT2D eigenvalue weighted by atomic mass is 10.1. The molecule has 1 atom stereocenters. The summed E-state index contributed by atoms with van der Waals surface area (Å²) in [6.45, 7) is 2.24. The SMILES string of the molecule is CCCC/C=C/C1C=CCC1. The predicted octanol–water partition coefficient (Wildman–Crippen LogP) is 3.70. The number of unbranched alkanes of at least 4 members (excludes halogenated alkanes) is 2. The Morgan fingerprint density at radius 2 is 2.45 bits per heavy atom. The van der Waals surface area contributed by atoms with Crippen LogP contribution in [0.25, 0.3) is 0 Å². The van der Waals surface area contributed by atoms with Crippen LogP contribution in [0.4, 0.5) is 0 Å². The van der Waals surface area contributed by atoms with Gasteiger partial charge in [0, 0.05) is 0 Å². The van der Waals surface area contributed by atoms with Crippen molar-refractivity contribution in [2.45, 2.75) is 39.0 Å². The maximum absolute atomic E-state index is 2.36. The van der Waals surface area contributed by atoms with Gasteiger partial charge in [0.15, 0.2) is 0 Å². The Kier molecular flexibility index (Phi) is 4.03.